The van der Waals surface area contributed by atoms with E-state index in [9.17, 15) is 9.90 Å². The molecule has 0 aromatic rings. The van der Waals surface area contributed by atoms with E-state index in [0.29, 0.717) is 17.6 Å². The fourth-order valence-corrected chi connectivity index (χ4v) is 6.80. The van der Waals surface area contributed by atoms with E-state index < -0.39 is 0 Å². The van der Waals surface area contributed by atoms with Crippen molar-refractivity contribution >= 4 is 5.78 Å². The third-order valence-corrected chi connectivity index (χ3v) is 7.94. The topological polar surface area (TPSA) is 37.3 Å². The summed E-state index contributed by atoms with van der Waals surface area (Å²) in [5, 5.41) is 10.5. The van der Waals surface area contributed by atoms with Gasteiger partial charge in [-0.05, 0) is 79.6 Å². The molecule has 7 unspecified atom stereocenters. The lowest BCUT2D eigenvalue weighted by molar-refractivity contribution is -0.118. The second kappa shape index (κ2) is 5.19. The zero-order valence-electron chi connectivity index (χ0n) is 14.1. The lowest BCUT2D eigenvalue weighted by Gasteiger charge is -2.54. The van der Waals surface area contributed by atoms with Crippen LogP contribution >= 0.6 is 0 Å². The van der Waals surface area contributed by atoms with E-state index in [2.05, 4.69) is 13.8 Å². The summed E-state index contributed by atoms with van der Waals surface area (Å²) in [6, 6.07) is 0. The SMILES string of the molecule is CCC1CC(=O)C=C2CCC3C(CCC4(C)C(O)CCC34)C21. The highest BCUT2D eigenvalue weighted by Gasteiger charge is 2.56. The molecule has 0 amide bonds. The molecule has 0 aromatic carbocycles. The summed E-state index contributed by atoms with van der Waals surface area (Å²) < 4.78 is 0. The standard InChI is InChI=1S/C20H30O2/c1-3-12-10-14(21)11-13-4-5-15-16(19(12)13)8-9-20(2)17(15)6-7-18(20)22/h11-12,15-19,22H,3-10H2,1-2H3. The third kappa shape index (κ3) is 1.99. The molecule has 0 bridgehead atoms. The summed E-state index contributed by atoms with van der Waals surface area (Å²) >= 11 is 0. The van der Waals surface area contributed by atoms with Gasteiger partial charge in [-0.2, -0.15) is 0 Å². The number of carbonyl (C=O) groups is 1. The first-order valence-corrected chi connectivity index (χ1v) is 9.46. The van der Waals surface area contributed by atoms with E-state index in [-0.39, 0.29) is 11.5 Å². The summed E-state index contributed by atoms with van der Waals surface area (Å²) in [4.78, 5) is 12.0. The number of ketones is 1. The van der Waals surface area contributed by atoms with Crippen molar-refractivity contribution in [1.82, 2.24) is 0 Å². The van der Waals surface area contributed by atoms with Gasteiger partial charge in [0.1, 0.15) is 0 Å². The first-order chi connectivity index (χ1) is 10.5. The van der Waals surface area contributed by atoms with E-state index in [1.54, 1.807) is 0 Å². The minimum Gasteiger partial charge on any atom is -0.393 e. The van der Waals surface area contributed by atoms with Gasteiger partial charge in [0.15, 0.2) is 5.78 Å². The Bertz CT molecular complexity index is 508. The minimum atomic E-state index is -0.0784. The Balaban J connectivity index is 1.66. The molecule has 2 heteroatoms. The quantitative estimate of drug-likeness (QED) is 0.791. The predicted octanol–water partition coefficient (Wildman–Crippen LogP) is 4.13. The normalized spacial score (nSPS) is 50.9. The number of hydrogen-bond donors (Lipinski definition) is 1. The van der Waals surface area contributed by atoms with Crippen LogP contribution in [0.4, 0.5) is 0 Å². The molecule has 4 aliphatic rings. The van der Waals surface area contributed by atoms with E-state index in [0.717, 1.165) is 43.4 Å². The van der Waals surface area contributed by atoms with E-state index in [4.69, 9.17) is 0 Å². The number of aliphatic hydroxyl groups is 1. The number of fused-ring (bicyclic) bond motifs is 5. The van der Waals surface area contributed by atoms with E-state index >= 15 is 0 Å². The summed E-state index contributed by atoms with van der Waals surface area (Å²) in [5.41, 5.74) is 1.65. The van der Waals surface area contributed by atoms with Gasteiger partial charge in [0.05, 0.1) is 6.10 Å². The zero-order valence-corrected chi connectivity index (χ0v) is 14.1. The fraction of sp³-hybridized carbons (Fsp3) is 0.850. The first-order valence-electron chi connectivity index (χ1n) is 9.46. The number of carbonyl (C=O) groups excluding carboxylic acids is 1. The molecule has 4 aliphatic carbocycles. The Labute approximate surface area is 134 Å². The first kappa shape index (κ1) is 14.9. The zero-order chi connectivity index (χ0) is 15.5. The van der Waals surface area contributed by atoms with Crippen LogP contribution in [0.1, 0.15) is 65.2 Å². The minimum absolute atomic E-state index is 0.0784. The van der Waals surface area contributed by atoms with Gasteiger partial charge in [-0.1, -0.05) is 25.8 Å². The van der Waals surface area contributed by atoms with E-state index in [1.807, 2.05) is 6.08 Å². The van der Waals surface area contributed by atoms with Crippen LogP contribution in [0.25, 0.3) is 0 Å². The molecule has 3 fully saturated rings. The molecule has 0 saturated heterocycles. The van der Waals surface area contributed by atoms with Crippen molar-refractivity contribution in [2.24, 2.45) is 35.0 Å². The summed E-state index contributed by atoms with van der Waals surface area (Å²) in [7, 11) is 0. The summed E-state index contributed by atoms with van der Waals surface area (Å²) in [6.07, 6.45) is 10.9. The maximum absolute atomic E-state index is 12.0. The number of rotatable bonds is 1. The fourth-order valence-electron chi connectivity index (χ4n) is 6.80. The maximum Gasteiger partial charge on any atom is 0.155 e. The Kier molecular flexibility index (Phi) is 3.52. The van der Waals surface area contributed by atoms with Crippen molar-refractivity contribution < 1.29 is 9.90 Å². The molecule has 1 N–H and O–H groups in total. The Morgan fingerprint density at radius 3 is 2.82 bits per heavy atom. The van der Waals surface area contributed by atoms with Crippen molar-refractivity contribution in [3.05, 3.63) is 11.6 Å². The molecule has 4 rings (SSSR count). The van der Waals surface area contributed by atoms with Crippen molar-refractivity contribution in [3.63, 3.8) is 0 Å². The molecule has 2 nitrogen and oxygen atoms in total. The molecule has 7 atom stereocenters. The maximum atomic E-state index is 12.0. The van der Waals surface area contributed by atoms with Gasteiger partial charge in [0, 0.05) is 6.42 Å². The second-order valence-electron chi connectivity index (χ2n) is 8.69. The van der Waals surface area contributed by atoms with Gasteiger partial charge in [0.2, 0.25) is 0 Å². The largest absolute Gasteiger partial charge is 0.393 e. The van der Waals surface area contributed by atoms with Gasteiger partial charge in [-0.3, -0.25) is 4.79 Å². The van der Waals surface area contributed by atoms with Crippen molar-refractivity contribution in [2.75, 3.05) is 0 Å². The van der Waals surface area contributed by atoms with Gasteiger partial charge in [0.25, 0.3) is 0 Å². The monoisotopic (exact) mass is 302 g/mol. The van der Waals surface area contributed by atoms with Gasteiger partial charge in [-0.15, -0.1) is 0 Å². The van der Waals surface area contributed by atoms with Crippen LogP contribution < -0.4 is 0 Å². The number of aliphatic hydroxyl groups excluding tert-OH is 1. The van der Waals surface area contributed by atoms with Crippen LogP contribution in [0.2, 0.25) is 0 Å². The van der Waals surface area contributed by atoms with Gasteiger partial charge >= 0.3 is 0 Å². The van der Waals surface area contributed by atoms with Crippen LogP contribution in [-0.4, -0.2) is 17.0 Å². The number of hydrogen-bond acceptors (Lipinski definition) is 2. The van der Waals surface area contributed by atoms with Crippen LogP contribution in [0, 0.1) is 35.0 Å². The highest BCUT2D eigenvalue weighted by molar-refractivity contribution is 5.91. The molecular weight excluding hydrogens is 272 g/mol. The lowest BCUT2D eigenvalue weighted by atomic mass is 9.50. The third-order valence-electron chi connectivity index (χ3n) is 7.94. The average Bonchev–Trinajstić information content (AvgIpc) is 2.81. The molecule has 22 heavy (non-hydrogen) atoms. The molecule has 0 spiro atoms. The molecule has 3 saturated carbocycles. The highest BCUT2D eigenvalue weighted by atomic mass is 16.3. The Morgan fingerprint density at radius 2 is 2.05 bits per heavy atom. The second-order valence-corrected chi connectivity index (χ2v) is 8.69. The van der Waals surface area contributed by atoms with Gasteiger partial charge in [-0.25, -0.2) is 0 Å². The van der Waals surface area contributed by atoms with Crippen molar-refractivity contribution in [3.8, 4) is 0 Å². The van der Waals surface area contributed by atoms with E-state index in [1.165, 1.54) is 31.3 Å². The summed E-state index contributed by atoms with van der Waals surface area (Å²) in [5.74, 6) is 3.91. The van der Waals surface area contributed by atoms with Crippen LogP contribution in [-0.2, 0) is 4.79 Å². The van der Waals surface area contributed by atoms with Gasteiger partial charge < -0.3 is 5.11 Å². The Hall–Kier alpha value is -0.630. The molecule has 0 radical (unpaired) electrons. The number of allylic oxidation sites excluding steroid dienone is 1. The Morgan fingerprint density at radius 1 is 1.23 bits per heavy atom. The molecular formula is C20H30O2. The summed E-state index contributed by atoms with van der Waals surface area (Å²) in [6.45, 7) is 4.61. The average molecular weight is 302 g/mol. The van der Waals surface area contributed by atoms with Crippen molar-refractivity contribution in [2.45, 2.75) is 71.3 Å². The molecule has 0 aromatic heterocycles. The highest BCUT2D eigenvalue weighted by Crippen LogP contribution is 2.62. The molecule has 122 valence electrons. The molecule has 0 heterocycles. The lowest BCUT2D eigenvalue weighted by Crippen LogP contribution is -2.49. The van der Waals surface area contributed by atoms with Crippen LogP contribution in [0.15, 0.2) is 11.6 Å². The smallest absolute Gasteiger partial charge is 0.155 e. The van der Waals surface area contributed by atoms with Crippen LogP contribution in [0.5, 0.6) is 0 Å². The van der Waals surface area contributed by atoms with Crippen molar-refractivity contribution in [1.29, 1.82) is 0 Å². The van der Waals surface area contributed by atoms with Crippen LogP contribution in [0.3, 0.4) is 0 Å². The molecule has 0 aliphatic heterocycles. The predicted molar refractivity (Wildman–Crippen MR) is 87.3 cm³/mol.